The number of rotatable bonds is 7. The number of carbonyl (C=O) groups is 1. The maximum Gasteiger partial charge on any atom is 0.330 e. The van der Waals surface area contributed by atoms with E-state index in [2.05, 4.69) is 13.0 Å². The van der Waals surface area contributed by atoms with Gasteiger partial charge in [0.25, 0.3) is 0 Å². The predicted molar refractivity (Wildman–Crippen MR) is 59.1 cm³/mol. The Bertz CT molecular complexity index is 192. The molecule has 0 amide bonds. The van der Waals surface area contributed by atoms with E-state index < -0.39 is 0 Å². The van der Waals surface area contributed by atoms with Crippen molar-refractivity contribution in [2.24, 2.45) is 0 Å². The van der Waals surface area contributed by atoms with Crippen molar-refractivity contribution in [3.05, 3.63) is 24.3 Å². The molecule has 0 aromatic heterocycles. The van der Waals surface area contributed by atoms with Gasteiger partial charge in [0.2, 0.25) is 0 Å². The summed E-state index contributed by atoms with van der Waals surface area (Å²) < 4.78 is 4.73. The van der Waals surface area contributed by atoms with Gasteiger partial charge in [-0.1, -0.05) is 38.0 Å². The summed E-state index contributed by atoms with van der Waals surface area (Å²) in [6, 6.07) is 0. The second-order valence-electron chi connectivity index (χ2n) is 3.04. The van der Waals surface area contributed by atoms with Gasteiger partial charge in [-0.2, -0.15) is 0 Å². The fourth-order valence-electron chi connectivity index (χ4n) is 1.01. The molecule has 2 nitrogen and oxygen atoms in total. The third-order valence-electron chi connectivity index (χ3n) is 1.74. The molecule has 0 N–H and O–H groups in total. The lowest BCUT2D eigenvalue weighted by molar-refractivity contribution is -0.137. The lowest BCUT2D eigenvalue weighted by atomic mass is 10.2. The summed E-state index contributed by atoms with van der Waals surface area (Å²) >= 11 is 0. The van der Waals surface area contributed by atoms with Crippen LogP contribution >= 0.6 is 0 Å². The molecule has 0 aromatic carbocycles. The van der Waals surface area contributed by atoms with Gasteiger partial charge in [0.05, 0.1) is 6.61 Å². The van der Waals surface area contributed by atoms with Gasteiger partial charge in [0.1, 0.15) is 0 Å². The van der Waals surface area contributed by atoms with Crippen molar-refractivity contribution >= 4 is 5.97 Å². The Hall–Kier alpha value is -1.05. The molecule has 0 bridgehead atoms. The largest absolute Gasteiger partial charge is 0.463 e. The number of esters is 1. The van der Waals surface area contributed by atoms with Crippen LogP contribution in [0.5, 0.6) is 0 Å². The number of allylic oxidation sites excluding steroid dienone is 3. The van der Waals surface area contributed by atoms with Gasteiger partial charge in [-0.15, -0.1) is 0 Å². The SMILES string of the molecule is CCCCCC=C/C=C/C(=O)OCC. The van der Waals surface area contributed by atoms with Crippen molar-refractivity contribution in [1.29, 1.82) is 0 Å². The summed E-state index contributed by atoms with van der Waals surface area (Å²) in [6.45, 7) is 4.42. The molecule has 0 heterocycles. The quantitative estimate of drug-likeness (QED) is 0.270. The Labute approximate surface area is 86.6 Å². The van der Waals surface area contributed by atoms with Crippen LogP contribution in [0.15, 0.2) is 24.3 Å². The molecule has 0 unspecified atom stereocenters. The van der Waals surface area contributed by atoms with Crippen LogP contribution in [0, 0.1) is 0 Å². The first-order valence-corrected chi connectivity index (χ1v) is 5.31. The summed E-state index contributed by atoms with van der Waals surface area (Å²) in [5, 5.41) is 0. The average molecular weight is 196 g/mol. The predicted octanol–water partition coefficient (Wildman–Crippen LogP) is 3.24. The van der Waals surface area contributed by atoms with Crippen LogP contribution in [0.3, 0.4) is 0 Å². The molecule has 0 atom stereocenters. The molecule has 14 heavy (non-hydrogen) atoms. The van der Waals surface area contributed by atoms with E-state index in [-0.39, 0.29) is 5.97 Å². The van der Waals surface area contributed by atoms with Gasteiger partial charge in [-0.05, 0) is 19.8 Å². The molecule has 0 rings (SSSR count). The number of hydrogen-bond donors (Lipinski definition) is 0. The number of unbranched alkanes of at least 4 members (excludes halogenated alkanes) is 3. The highest BCUT2D eigenvalue weighted by Crippen LogP contribution is 1.99. The molecule has 0 aromatic rings. The molecular formula is C12H20O2. The molecule has 0 spiro atoms. The van der Waals surface area contributed by atoms with Crippen LogP contribution in [0.1, 0.15) is 39.5 Å². The summed E-state index contributed by atoms with van der Waals surface area (Å²) in [7, 11) is 0. The third kappa shape index (κ3) is 9.04. The summed E-state index contributed by atoms with van der Waals surface area (Å²) in [5.74, 6) is -0.272. The third-order valence-corrected chi connectivity index (χ3v) is 1.74. The molecule has 0 fully saturated rings. The number of ether oxygens (including phenoxy) is 1. The first-order chi connectivity index (χ1) is 6.81. The van der Waals surface area contributed by atoms with Crippen molar-refractivity contribution in [3.63, 3.8) is 0 Å². The molecule has 0 saturated heterocycles. The lowest BCUT2D eigenvalue weighted by Crippen LogP contribution is -1.98. The Morgan fingerprint density at radius 1 is 1.21 bits per heavy atom. The van der Waals surface area contributed by atoms with E-state index in [9.17, 15) is 4.79 Å². The van der Waals surface area contributed by atoms with Crippen LogP contribution in [0.4, 0.5) is 0 Å². The highest BCUT2D eigenvalue weighted by atomic mass is 16.5. The highest BCUT2D eigenvalue weighted by Gasteiger charge is 1.89. The van der Waals surface area contributed by atoms with Crippen molar-refractivity contribution < 1.29 is 9.53 Å². The van der Waals surface area contributed by atoms with E-state index >= 15 is 0 Å². The number of hydrogen-bond acceptors (Lipinski definition) is 2. The summed E-state index contributed by atoms with van der Waals surface area (Å²) in [4.78, 5) is 10.8. The Morgan fingerprint density at radius 2 is 2.00 bits per heavy atom. The minimum Gasteiger partial charge on any atom is -0.463 e. The van der Waals surface area contributed by atoms with E-state index in [0.717, 1.165) is 6.42 Å². The van der Waals surface area contributed by atoms with Gasteiger partial charge >= 0.3 is 5.97 Å². The van der Waals surface area contributed by atoms with Gasteiger partial charge in [0, 0.05) is 6.08 Å². The average Bonchev–Trinajstić information content (AvgIpc) is 2.17. The Balaban J connectivity index is 3.45. The Kier molecular flexibility index (Phi) is 9.28. The normalized spacial score (nSPS) is 11.3. The molecular weight excluding hydrogens is 176 g/mol. The molecule has 0 aliphatic carbocycles. The van der Waals surface area contributed by atoms with Crippen LogP contribution < -0.4 is 0 Å². The molecule has 80 valence electrons. The zero-order valence-corrected chi connectivity index (χ0v) is 9.16. The topological polar surface area (TPSA) is 26.3 Å². The molecule has 0 aliphatic rings. The van der Waals surface area contributed by atoms with Crippen molar-refractivity contribution in [1.82, 2.24) is 0 Å². The van der Waals surface area contributed by atoms with Crippen molar-refractivity contribution in [2.75, 3.05) is 6.61 Å². The van der Waals surface area contributed by atoms with E-state index in [0.29, 0.717) is 6.61 Å². The van der Waals surface area contributed by atoms with Crippen LogP contribution in [0.2, 0.25) is 0 Å². The van der Waals surface area contributed by atoms with Gasteiger partial charge in [0.15, 0.2) is 0 Å². The second-order valence-corrected chi connectivity index (χ2v) is 3.04. The summed E-state index contributed by atoms with van der Waals surface area (Å²) in [6.07, 6.45) is 12.0. The van der Waals surface area contributed by atoms with E-state index in [4.69, 9.17) is 4.74 Å². The van der Waals surface area contributed by atoms with Crippen LogP contribution in [-0.4, -0.2) is 12.6 Å². The molecule has 0 saturated carbocycles. The molecule has 0 aliphatic heterocycles. The van der Waals surface area contributed by atoms with Crippen LogP contribution in [0.25, 0.3) is 0 Å². The number of carbonyl (C=O) groups excluding carboxylic acids is 1. The maximum atomic E-state index is 10.8. The van der Waals surface area contributed by atoms with Gasteiger partial charge in [-0.25, -0.2) is 4.79 Å². The standard InChI is InChI=1S/C12H20O2/c1-3-5-6-7-8-9-10-11-12(13)14-4-2/h8-11H,3-7H2,1-2H3/b9-8?,11-10+. The maximum absolute atomic E-state index is 10.8. The van der Waals surface area contributed by atoms with E-state index in [1.54, 1.807) is 13.0 Å². The fourth-order valence-corrected chi connectivity index (χ4v) is 1.01. The minimum atomic E-state index is -0.272. The Morgan fingerprint density at radius 3 is 2.64 bits per heavy atom. The fraction of sp³-hybridized carbons (Fsp3) is 0.583. The van der Waals surface area contributed by atoms with Crippen molar-refractivity contribution in [3.8, 4) is 0 Å². The van der Waals surface area contributed by atoms with E-state index in [1.165, 1.54) is 25.3 Å². The highest BCUT2D eigenvalue weighted by molar-refractivity contribution is 5.82. The van der Waals surface area contributed by atoms with Crippen LogP contribution in [-0.2, 0) is 9.53 Å². The lowest BCUT2D eigenvalue weighted by Gasteiger charge is -1.92. The van der Waals surface area contributed by atoms with Gasteiger partial charge in [-0.3, -0.25) is 0 Å². The zero-order valence-electron chi connectivity index (χ0n) is 9.16. The summed E-state index contributed by atoms with van der Waals surface area (Å²) in [5.41, 5.74) is 0. The zero-order chi connectivity index (χ0) is 10.6. The van der Waals surface area contributed by atoms with E-state index in [1.807, 2.05) is 6.08 Å². The first-order valence-electron chi connectivity index (χ1n) is 5.31. The first kappa shape index (κ1) is 12.9. The second kappa shape index (κ2) is 10.0. The van der Waals surface area contributed by atoms with Gasteiger partial charge < -0.3 is 4.74 Å². The minimum absolute atomic E-state index is 0.272. The smallest absolute Gasteiger partial charge is 0.330 e. The molecule has 2 heteroatoms. The van der Waals surface area contributed by atoms with Crippen molar-refractivity contribution in [2.45, 2.75) is 39.5 Å². The molecule has 0 radical (unpaired) electrons. The monoisotopic (exact) mass is 196 g/mol.